The Morgan fingerprint density at radius 2 is 2.00 bits per heavy atom. The van der Waals surface area contributed by atoms with Crippen molar-refractivity contribution in [1.29, 1.82) is 0 Å². The van der Waals surface area contributed by atoms with Crippen molar-refractivity contribution in [2.75, 3.05) is 20.6 Å². The molecule has 1 aromatic rings. The molecule has 0 aromatic carbocycles. The molecule has 0 saturated heterocycles. The molecule has 1 aromatic heterocycles. The molecule has 130 valence electrons. The van der Waals surface area contributed by atoms with Crippen molar-refractivity contribution in [3.05, 3.63) is 22.4 Å². The predicted octanol–water partition coefficient (Wildman–Crippen LogP) is 4.19. The molecule has 3 nitrogen and oxygen atoms in total. The molecule has 2 N–H and O–H groups in total. The lowest BCUT2D eigenvalue weighted by molar-refractivity contribution is -0.209. The van der Waals surface area contributed by atoms with Gasteiger partial charge >= 0.3 is 0 Å². The molecule has 0 radical (unpaired) electrons. The van der Waals surface area contributed by atoms with Crippen LogP contribution in [0.15, 0.2) is 17.5 Å². The maximum Gasteiger partial charge on any atom is 0.158 e. The summed E-state index contributed by atoms with van der Waals surface area (Å²) in [5.74, 6) is 1.65. The van der Waals surface area contributed by atoms with Crippen LogP contribution >= 0.6 is 11.3 Å². The van der Waals surface area contributed by atoms with Crippen LogP contribution in [0.3, 0.4) is 0 Å². The Labute approximate surface area is 145 Å². The first kappa shape index (κ1) is 17.4. The van der Waals surface area contributed by atoms with E-state index in [4.69, 9.17) is 10.5 Å². The number of nitrogens with zero attached hydrogens (tertiary/aromatic N) is 1. The Morgan fingerprint density at radius 3 is 2.70 bits per heavy atom. The van der Waals surface area contributed by atoms with Crippen LogP contribution in [0.5, 0.6) is 0 Å². The van der Waals surface area contributed by atoms with Gasteiger partial charge in [-0.2, -0.15) is 0 Å². The van der Waals surface area contributed by atoms with Gasteiger partial charge in [0.05, 0.1) is 11.0 Å². The maximum atomic E-state index is 6.95. The average Bonchev–Trinajstić information content (AvgIpc) is 3.09. The number of hydrogen-bond acceptors (Lipinski definition) is 4. The van der Waals surface area contributed by atoms with Crippen LogP contribution in [0.25, 0.3) is 0 Å². The van der Waals surface area contributed by atoms with E-state index in [1.807, 2.05) is 0 Å². The summed E-state index contributed by atoms with van der Waals surface area (Å²) in [7, 11) is 4.27. The highest BCUT2D eigenvalue weighted by molar-refractivity contribution is 7.10. The van der Waals surface area contributed by atoms with E-state index in [2.05, 4.69) is 36.5 Å². The van der Waals surface area contributed by atoms with E-state index in [0.29, 0.717) is 12.6 Å². The highest BCUT2D eigenvalue weighted by Crippen LogP contribution is 2.45. The molecule has 2 aliphatic rings. The minimum atomic E-state index is -0.354. The van der Waals surface area contributed by atoms with Crippen molar-refractivity contribution < 1.29 is 4.74 Å². The number of nitrogens with two attached hydrogens (primary N) is 1. The Morgan fingerprint density at radius 1 is 1.22 bits per heavy atom. The normalized spacial score (nSPS) is 30.9. The summed E-state index contributed by atoms with van der Waals surface area (Å²) in [4.78, 5) is 3.55. The van der Waals surface area contributed by atoms with Gasteiger partial charge in [-0.15, -0.1) is 11.3 Å². The lowest BCUT2D eigenvalue weighted by atomic mass is 9.69. The fourth-order valence-corrected chi connectivity index (χ4v) is 5.74. The first-order valence-corrected chi connectivity index (χ1v) is 10.1. The first-order chi connectivity index (χ1) is 11.2. The van der Waals surface area contributed by atoms with Crippen LogP contribution in [0.1, 0.15) is 56.2 Å². The van der Waals surface area contributed by atoms with Crippen molar-refractivity contribution >= 4 is 11.3 Å². The van der Waals surface area contributed by atoms with Crippen molar-refractivity contribution in [2.24, 2.45) is 17.6 Å². The third-order valence-corrected chi connectivity index (χ3v) is 6.97. The monoisotopic (exact) mass is 336 g/mol. The first-order valence-electron chi connectivity index (χ1n) is 9.26. The topological polar surface area (TPSA) is 38.5 Å². The van der Waals surface area contributed by atoms with Crippen LogP contribution in [0.2, 0.25) is 0 Å². The van der Waals surface area contributed by atoms with Crippen LogP contribution in [0, 0.1) is 11.8 Å². The van der Waals surface area contributed by atoms with Gasteiger partial charge in [-0.05, 0) is 63.2 Å². The zero-order valence-electron chi connectivity index (χ0n) is 14.7. The van der Waals surface area contributed by atoms with E-state index in [1.54, 1.807) is 11.3 Å². The number of rotatable bonds is 6. The molecule has 4 heteroatoms. The zero-order chi connectivity index (χ0) is 16.3. The summed E-state index contributed by atoms with van der Waals surface area (Å²) in [6, 6.07) is 4.34. The van der Waals surface area contributed by atoms with Gasteiger partial charge in [0.15, 0.2) is 5.72 Å². The van der Waals surface area contributed by atoms with Gasteiger partial charge in [0.25, 0.3) is 0 Å². The minimum absolute atomic E-state index is 0.354. The van der Waals surface area contributed by atoms with Gasteiger partial charge < -0.3 is 10.5 Å². The Balaban J connectivity index is 1.85. The van der Waals surface area contributed by atoms with E-state index in [9.17, 15) is 0 Å². The third kappa shape index (κ3) is 3.51. The Hall–Kier alpha value is -0.420. The minimum Gasteiger partial charge on any atom is -0.352 e. The zero-order valence-corrected chi connectivity index (χ0v) is 15.5. The molecule has 2 saturated carbocycles. The van der Waals surface area contributed by atoms with Gasteiger partial charge in [0.1, 0.15) is 0 Å². The molecular weight excluding hydrogens is 304 g/mol. The quantitative estimate of drug-likeness (QED) is 0.792. The number of fused-ring (bicyclic) bond motifs is 1. The summed E-state index contributed by atoms with van der Waals surface area (Å²) in [6.45, 7) is 0.650. The predicted molar refractivity (Wildman–Crippen MR) is 97.5 cm³/mol. The van der Waals surface area contributed by atoms with Crippen LogP contribution < -0.4 is 5.73 Å². The standard InChI is InChI=1S/C19H32N2OS/c1-21(2)19(12-13-20,18-11-6-14-23-18)22-17-10-5-8-15-7-3-4-9-16(15)17/h6,11,14-17H,3-5,7-10,12-13,20H2,1-2H3. The molecule has 2 aliphatic carbocycles. The van der Waals surface area contributed by atoms with Crippen LogP contribution in [-0.4, -0.2) is 31.6 Å². The summed E-state index contributed by atoms with van der Waals surface area (Å²) in [5, 5.41) is 2.15. The second-order valence-electron chi connectivity index (χ2n) is 7.49. The third-order valence-electron chi connectivity index (χ3n) is 5.97. The molecule has 23 heavy (non-hydrogen) atoms. The summed E-state index contributed by atoms with van der Waals surface area (Å²) in [6.07, 6.45) is 10.8. The maximum absolute atomic E-state index is 6.95. The number of ether oxygens (including phenoxy) is 1. The van der Waals surface area contributed by atoms with Gasteiger partial charge in [-0.25, -0.2) is 0 Å². The second kappa shape index (κ2) is 7.64. The lowest BCUT2D eigenvalue weighted by Crippen LogP contribution is -2.50. The van der Waals surface area contributed by atoms with Gasteiger partial charge in [-0.1, -0.05) is 31.7 Å². The molecule has 0 bridgehead atoms. The van der Waals surface area contributed by atoms with Gasteiger partial charge in [-0.3, -0.25) is 4.90 Å². The fraction of sp³-hybridized carbons (Fsp3) is 0.789. The van der Waals surface area contributed by atoms with E-state index < -0.39 is 0 Å². The molecule has 0 aliphatic heterocycles. The molecule has 0 amide bonds. The summed E-state index contributed by atoms with van der Waals surface area (Å²) < 4.78 is 6.95. The average molecular weight is 337 g/mol. The molecule has 2 fully saturated rings. The van der Waals surface area contributed by atoms with Crippen molar-refractivity contribution in [3.63, 3.8) is 0 Å². The van der Waals surface area contributed by atoms with Crippen LogP contribution in [-0.2, 0) is 10.5 Å². The van der Waals surface area contributed by atoms with E-state index in [0.717, 1.165) is 18.3 Å². The Kier molecular flexibility index (Phi) is 5.78. The molecule has 4 unspecified atom stereocenters. The molecule has 4 atom stereocenters. The van der Waals surface area contributed by atoms with Crippen LogP contribution in [0.4, 0.5) is 0 Å². The SMILES string of the molecule is CN(C)C(CCN)(OC1CCCC2CCCCC21)c1cccs1. The Bertz CT molecular complexity index is 474. The largest absolute Gasteiger partial charge is 0.352 e. The highest BCUT2D eigenvalue weighted by Gasteiger charge is 2.43. The van der Waals surface area contributed by atoms with E-state index >= 15 is 0 Å². The highest BCUT2D eigenvalue weighted by atomic mass is 32.1. The van der Waals surface area contributed by atoms with Gasteiger partial charge in [0.2, 0.25) is 0 Å². The fourth-order valence-electron chi connectivity index (χ4n) is 4.76. The van der Waals surface area contributed by atoms with Crippen molar-refractivity contribution in [3.8, 4) is 0 Å². The summed E-state index contributed by atoms with van der Waals surface area (Å²) in [5.41, 5.74) is 5.64. The molecule has 3 rings (SSSR count). The van der Waals surface area contributed by atoms with Crippen molar-refractivity contribution in [1.82, 2.24) is 4.90 Å². The van der Waals surface area contributed by atoms with E-state index in [1.165, 1.54) is 49.8 Å². The van der Waals surface area contributed by atoms with Crippen molar-refractivity contribution in [2.45, 2.75) is 63.2 Å². The lowest BCUT2D eigenvalue weighted by Gasteiger charge is -2.47. The molecule has 0 spiro atoms. The molecular formula is C19H32N2OS. The van der Waals surface area contributed by atoms with Gasteiger partial charge in [0, 0.05) is 6.42 Å². The molecule has 1 heterocycles. The van der Waals surface area contributed by atoms with E-state index in [-0.39, 0.29) is 5.72 Å². The summed E-state index contributed by atoms with van der Waals surface area (Å²) >= 11 is 1.79. The number of hydrogen-bond donors (Lipinski definition) is 1. The second-order valence-corrected chi connectivity index (χ2v) is 8.44. The number of thiophene rings is 1. The smallest absolute Gasteiger partial charge is 0.158 e.